The third-order valence-corrected chi connectivity index (χ3v) is 8.58. The van der Waals surface area contributed by atoms with E-state index in [4.69, 9.17) is 18.8 Å². The monoisotopic (exact) mass is 562 g/mol. The van der Waals surface area contributed by atoms with E-state index in [9.17, 15) is 9.36 Å². The van der Waals surface area contributed by atoms with Crippen molar-refractivity contribution in [2.75, 3.05) is 0 Å². The molecule has 1 N–H and O–H groups in total. The summed E-state index contributed by atoms with van der Waals surface area (Å²) in [7, 11) is -4.00. The van der Waals surface area contributed by atoms with Crippen molar-refractivity contribution in [3.05, 3.63) is 95.6 Å². The van der Waals surface area contributed by atoms with Gasteiger partial charge in [0.05, 0.1) is 24.0 Å². The number of carbonyl (C=O) groups is 1. The molecule has 2 atom stereocenters. The number of ether oxygens (including phenoxy) is 1. The normalized spacial score (nSPS) is 14.5. The lowest BCUT2D eigenvalue weighted by molar-refractivity contribution is 0.0498. The zero-order valence-corrected chi connectivity index (χ0v) is 25.1. The zero-order valence-electron chi connectivity index (χ0n) is 24.3. The minimum absolute atomic E-state index is 0.423. The zero-order chi connectivity index (χ0) is 29.1. The molecular weight excluding hydrogens is 523 g/mol. The van der Waals surface area contributed by atoms with Gasteiger partial charge in [0.2, 0.25) is 0 Å². The van der Waals surface area contributed by atoms with Gasteiger partial charge in [-0.1, -0.05) is 78.9 Å². The maximum absolute atomic E-state index is 14.9. The number of alkyl carbamates (subject to hydrolysis) is 1. The lowest BCUT2D eigenvalue weighted by Crippen LogP contribution is -2.40. The number of rotatable bonds is 9. The second-order valence-corrected chi connectivity index (χ2v) is 13.4. The summed E-state index contributed by atoms with van der Waals surface area (Å²) in [5, 5.41) is 2.96. The van der Waals surface area contributed by atoms with Gasteiger partial charge in [0.25, 0.3) is 0 Å². The molecule has 8 heteroatoms. The number of aliphatic imine (C=N–C) groups is 1. The van der Waals surface area contributed by atoms with Crippen LogP contribution in [0.2, 0.25) is 0 Å². The third-order valence-electron chi connectivity index (χ3n) is 6.08. The summed E-state index contributed by atoms with van der Waals surface area (Å²) in [5.41, 5.74) is 4.54. The van der Waals surface area contributed by atoms with E-state index in [0.717, 1.165) is 22.3 Å². The molecule has 1 aliphatic carbocycles. The van der Waals surface area contributed by atoms with Crippen LogP contribution in [0.3, 0.4) is 0 Å². The SMILES string of the molecule is CC(C)OP(=O)(OC(C)C)C(N=C1c2ccccc2-c2ccccc21)C(NC(=O)OC(C)(C)C)c1ccccc1. The predicted molar refractivity (Wildman–Crippen MR) is 160 cm³/mol. The topological polar surface area (TPSA) is 86.2 Å². The number of amides is 1. The van der Waals surface area contributed by atoms with Gasteiger partial charge in [0.15, 0.2) is 5.78 Å². The van der Waals surface area contributed by atoms with Crippen molar-refractivity contribution in [2.24, 2.45) is 4.99 Å². The van der Waals surface area contributed by atoms with Gasteiger partial charge in [0, 0.05) is 11.1 Å². The highest BCUT2D eigenvalue weighted by Gasteiger charge is 2.46. The molecule has 2 unspecified atom stereocenters. The van der Waals surface area contributed by atoms with Gasteiger partial charge in [-0.05, 0) is 65.2 Å². The first-order valence-corrected chi connectivity index (χ1v) is 15.3. The summed E-state index contributed by atoms with van der Waals surface area (Å²) in [6.07, 6.45) is -1.50. The molecule has 0 radical (unpaired) electrons. The molecule has 0 saturated heterocycles. The number of hydrogen-bond acceptors (Lipinski definition) is 6. The number of nitrogens with one attached hydrogen (secondary N) is 1. The molecule has 0 fully saturated rings. The molecule has 3 aromatic rings. The average Bonchev–Trinajstić information content (AvgIpc) is 3.18. The minimum Gasteiger partial charge on any atom is -0.444 e. The Kier molecular flexibility index (Phi) is 8.99. The lowest BCUT2D eigenvalue weighted by atomic mass is 10.1. The van der Waals surface area contributed by atoms with E-state index in [2.05, 4.69) is 5.32 Å². The number of hydrogen-bond donors (Lipinski definition) is 1. The van der Waals surface area contributed by atoms with Crippen LogP contribution >= 0.6 is 7.60 Å². The highest BCUT2D eigenvalue weighted by Crippen LogP contribution is 2.59. The number of benzene rings is 3. The van der Waals surface area contributed by atoms with Gasteiger partial charge < -0.3 is 19.1 Å². The summed E-state index contributed by atoms with van der Waals surface area (Å²) in [4.78, 5) is 18.4. The van der Waals surface area contributed by atoms with Crippen LogP contribution in [0.5, 0.6) is 0 Å². The Morgan fingerprint density at radius 1 is 0.750 bits per heavy atom. The molecule has 0 bridgehead atoms. The maximum Gasteiger partial charge on any atom is 0.408 e. The number of carbonyl (C=O) groups excluding carboxylic acids is 1. The van der Waals surface area contributed by atoms with Crippen molar-refractivity contribution < 1.29 is 23.1 Å². The Balaban J connectivity index is 1.96. The molecule has 7 nitrogen and oxygen atoms in total. The first-order chi connectivity index (χ1) is 18.9. The summed E-state index contributed by atoms with van der Waals surface area (Å²) >= 11 is 0. The van der Waals surface area contributed by atoms with Gasteiger partial charge >= 0.3 is 13.7 Å². The van der Waals surface area contributed by atoms with Crippen LogP contribution in [0.1, 0.15) is 71.2 Å². The van der Waals surface area contributed by atoms with Crippen LogP contribution in [0, 0.1) is 0 Å². The predicted octanol–water partition coefficient (Wildman–Crippen LogP) is 8.14. The Morgan fingerprint density at radius 2 is 1.20 bits per heavy atom. The first kappa shape index (κ1) is 29.7. The molecule has 4 rings (SSSR count). The Morgan fingerprint density at radius 3 is 1.65 bits per heavy atom. The van der Waals surface area contributed by atoms with Crippen LogP contribution in [-0.2, 0) is 18.3 Å². The fraction of sp³-hybridized carbons (Fsp3) is 0.375. The van der Waals surface area contributed by atoms with Gasteiger partial charge in [0.1, 0.15) is 5.60 Å². The van der Waals surface area contributed by atoms with Crippen LogP contribution < -0.4 is 5.32 Å². The van der Waals surface area contributed by atoms with Gasteiger partial charge in [-0.25, -0.2) is 4.79 Å². The average molecular weight is 563 g/mol. The van der Waals surface area contributed by atoms with Crippen molar-refractivity contribution >= 4 is 19.4 Å². The van der Waals surface area contributed by atoms with E-state index in [1.807, 2.05) is 78.9 Å². The van der Waals surface area contributed by atoms with Crippen molar-refractivity contribution in [3.8, 4) is 11.1 Å². The largest absolute Gasteiger partial charge is 0.444 e. The minimum atomic E-state index is -4.00. The third kappa shape index (κ3) is 6.90. The Hall–Kier alpha value is -3.25. The van der Waals surface area contributed by atoms with E-state index in [1.165, 1.54) is 0 Å². The smallest absolute Gasteiger partial charge is 0.408 e. The van der Waals surface area contributed by atoms with Crippen molar-refractivity contribution in [1.82, 2.24) is 5.32 Å². The molecule has 0 aliphatic heterocycles. The molecule has 3 aromatic carbocycles. The van der Waals surface area contributed by atoms with Gasteiger partial charge in [-0.2, -0.15) is 0 Å². The fourth-order valence-corrected chi connectivity index (χ4v) is 7.10. The lowest BCUT2D eigenvalue weighted by Gasteiger charge is -2.34. The molecule has 0 heterocycles. The van der Waals surface area contributed by atoms with Crippen molar-refractivity contribution in [1.29, 1.82) is 0 Å². The van der Waals surface area contributed by atoms with Crippen molar-refractivity contribution in [2.45, 2.75) is 78.1 Å². The van der Waals surface area contributed by atoms with E-state index in [0.29, 0.717) is 11.3 Å². The number of fused-ring (bicyclic) bond motifs is 3. The van der Waals surface area contributed by atoms with Crippen molar-refractivity contribution in [3.63, 3.8) is 0 Å². The summed E-state index contributed by atoms with van der Waals surface area (Å²) < 4.78 is 32.7. The van der Waals surface area contributed by atoms with Gasteiger partial charge in [-0.15, -0.1) is 0 Å². The summed E-state index contributed by atoms with van der Waals surface area (Å²) in [5.74, 6) is -1.12. The van der Waals surface area contributed by atoms with Crippen LogP contribution in [-0.4, -0.2) is 35.4 Å². The van der Waals surface area contributed by atoms with Crippen LogP contribution in [0.25, 0.3) is 11.1 Å². The molecule has 0 saturated carbocycles. The van der Waals surface area contributed by atoms with E-state index in [-0.39, 0.29) is 0 Å². The van der Waals surface area contributed by atoms with E-state index >= 15 is 0 Å². The van der Waals surface area contributed by atoms with E-state index < -0.39 is 43.3 Å². The maximum atomic E-state index is 14.9. The Labute approximate surface area is 237 Å². The Bertz CT molecular complexity index is 1350. The molecule has 40 heavy (non-hydrogen) atoms. The summed E-state index contributed by atoms with van der Waals surface area (Å²) in [6.45, 7) is 12.6. The standard InChI is InChI=1S/C32H39N2O5P/c1-21(2)38-40(36,39-22(3)4)30(28(23-15-9-8-10-16-23)34-31(35)37-32(5,6)7)33-29-26-19-13-11-17-24(26)25-18-12-14-20-27(25)29/h8-22,28,30H,1-7H3,(H,34,35). The van der Waals surface area contributed by atoms with Crippen LogP contribution in [0.15, 0.2) is 83.9 Å². The highest BCUT2D eigenvalue weighted by molar-refractivity contribution is 7.54. The van der Waals surface area contributed by atoms with Crippen LogP contribution in [0.4, 0.5) is 4.79 Å². The second kappa shape index (κ2) is 12.1. The molecular formula is C32H39N2O5P. The molecule has 1 amide bonds. The fourth-order valence-electron chi connectivity index (χ4n) is 4.76. The molecule has 212 valence electrons. The molecule has 0 aromatic heterocycles. The quantitative estimate of drug-likeness (QED) is 0.208. The molecule has 1 aliphatic rings. The van der Waals surface area contributed by atoms with Gasteiger partial charge in [-0.3, -0.25) is 9.56 Å². The second-order valence-electron chi connectivity index (χ2n) is 11.4. The first-order valence-electron chi connectivity index (χ1n) is 13.7. The number of nitrogens with zero attached hydrogens (tertiary/aromatic N) is 1. The van der Waals surface area contributed by atoms with E-state index in [1.54, 1.807) is 48.5 Å². The highest BCUT2D eigenvalue weighted by atomic mass is 31.2. The molecule has 0 spiro atoms. The summed E-state index contributed by atoms with van der Waals surface area (Å²) in [6, 6.07) is 24.4.